The molecule has 0 aromatic heterocycles. The van der Waals surface area contributed by atoms with Crippen LogP contribution in [0.2, 0.25) is 0 Å². The van der Waals surface area contributed by atoms with E-state index in [0.29, 0.717) is 0 Å². The first-order chi connectivity index (χ1) is 13.6. The second-order valence-electron chi connectivity index (χ2n) is 5.92. The molecule has 2 aromatic carbocycles. The van der Waals surface area contributed by atoms with Crippen molar-refractivity contribution < 1.29 is 32.4 Å². The molecule has 0 unspecified atom stereocenters. The van der Waals surface area contributed by atoms with Crippen molar-refractivity contribution in [2.45, 2.75) is 6.36 Å². The van der Waals surface area contributed by atoms with Gasteiger partial charge in [0, 0.05) is 24.9 Å². The number of hydrogen-bond acceptors (Lipinski definition) is 6. The van der Waals surface area contributed by atoms with Crippen LogP contribution in [0.3, 0.4) is 0 Å². The molecule has 0 spiro atoms. The highest BCUT2D eigenvalue weighted by atomic mass is 19.4. The Balaban J connectivity index is 1.94. The van der Waals surface area contributed by atoms with Crippen LogP contribution in [0.1, 0.15) is 5.56 Å². The summed E-state index contributed by atoms with van der Waals surface area (Å²) in [5.74, 6) is -1.72. The number of carbonyl (C=O) groups is 2. The van der Waals surface area contributed by atoms with E-state index < -0.39 is 28.8 Å². The molecule has 11 heteroatoms. The first-order valence-electron chi connectivity index (χ1n) is 8.01. The number of anilines is 1. The number of nitro benzene ring substituents is 1. The molecule has 29 heavy (non-hydrogen) atoms. The molecule has 0 fully saturated rings. The number of rotatable bonds is 5. The Morgan fingerprint density at radius 3 is 2.10 bits per heavy atom. The average Bonchev–Trinajstić information content (AvgIpc) is 2.86. The molecular weight excluding hydrogens is 395 g/mol. The summed E-state index contributed by atoms with van der Waals surface area (Å²) >= 11 is 0. The largest absolute Gasteiger partial charge is 0.573 e. The molecule has 1 aliphatic heterocycles. The van der Waals surface area contributed by atoms with Crippen LogP contribution in [-0.4, -0.2) is 35.0 Å². The topological polar surface area (TPSA) is 102 Å². The van der Waals surface area contributed by atoms with E-state index in [0.717, 1.165) is 17.0 Å². The minimum absolute atomic E-state index is 0.0111. The van der Waals surface area contributed by atoms with Gasteiger partial charge in [-0.25, -0.2) is 0 Å². The molecule has 2 amide bonds. The van der Waals surface area contributed by atoms with E-state index in [1.807, 2.05) is 0 Å². The zero-order valence-corrected chi connectivity index (χ0v) is 14.7. The Morgan fingerprint density at radius 2 is 1.59 bits per heavy atom. The third-order valence-corrected chi connectivity index (χ3v) is 4.01. The molecule has 150 valence electrons. The number of likely N-dealkylation sites (N-methyl/N-ethyl adjacent to an activating group) is 1. The molecule has 0 aliphatic carbocycles. The number of non-ortho nitro benzene ring substituents is 1. The highest BCUT2D eigenvalue weighted by Crippen LogP contribution is 2.31. The Kier molecular flexibility index (Phi) is 4.97. The van der Waals surface area contributed by atoms with Crippen LogP contribution >= 0.6 is 0 Å². The van der Waals surface area contributed by atoms with Crippen LogP contribution in [0.25, 0.3) is 5.57 Å². The summed E-state index contributed by atoms with van der Waals surface area (Å²) in [6.45, 7) is 0. The third kappa shape index (κ3) is 4.18. The summed E-state index contributed by atoms with van der Waals surface area (Å²) in [6.07, 6.45) is -4.84. The van der Waals surface area contributed by atoms with Gasteiger partial charge >= 0.3 is 6.36 Å². The SMILES string of the molecule is CN1C(=O)C(Nc2ccc(OC(F)(F)F)cc2)=C(c2ccc([N+](=O)[O-])cc2)C1=O. The normalized spacial score (nSPS) is 14.4. The second-order valence-corrected chi connectivity index (χ2v) is 5.92. The van der Waals surface area contributed by atoms with Crippen molar-refractivity contribution in [1.82, 2.24) is 4.90 Å². The number of alkyl halides is 3. The van der Waals surface area contributed by atoms with Crippen LogP contribution in [0.15, 0.2) is 54.2 Å². The van der Waals surface area contributed by atoms with E-state index in [9.17, 15) is 32.9 Å². The first kappa shape index (κ1) is 19.9. The zero-order chi connectivity index (χ0) is 21.3. The molecule has 0 radical (unpaired) electrons. The van der Waals surface area contributed by atoms with Gasteiger partial charge in [-0.3, -0.25) is 24.6 Å². The molecule has 0 atom stereocenters. The van der Waals surface area contributed by atoms with Crippen molar-refractivity contribution in [2.75, 3.05) is 12.4 Å². The lowest BCUT2D eigenvalue weighted by atomic mass is 10.0. The van der Waals surface area contributed by atoms with E-state index in [1.165, 1.54) is 43.4 Å². The Bertz CT molecular complexity index is 1010. The predicted octanol–water partition coefficient (Wildman–Crippen LogP) is 3.32. The van der Waals surface area contributed by atoms with Crippen molar-refractivity contribution in [3.8, 4) is 5.75 Å². The number of imide groups is 1. The lowest BCUT2D eigenvalue weighted by molar-refractivity contribution is -0.384. The fourth-order valence-electron chi connectivity index (χ4n) is 2.66. The Hall–Kier alpha value is -3.89. The number of amides is 2. The van der Waals surface area contributed by atoms with Gasteiger partial charge in [-0.15, -0.1) is 13.2 Å². The molecule has 1 N–H and O–H groups in total. The van der Waals surface area contributed by atoms with Gasteiger partial charge in [0.2, 0.25) is 0 Å². The fourth-order valence-corrected chi connectivity index (χ4v) is 2.66. The highest BCUT2D eigenvalue weighted by Gasteiger charge is 2.37. The summed E-state index contributed by atoms with van der Waals surface area (Å²) in [5.41, 5.74) is 0.219. The number of hydrogen-bond donors (Lipinski definition) is 1. The molecule has 0 saturated heterocycles. The molecule has 2 aromatic rings. The van der Waals surface area contributed by atoms with Gasteiger partial charge in [0.1, 0.15) is 11.4 Å². The first-order valence-corrected chi connectivity index (χ1v) is 8.01. The van der Waals surface area contributed by atoms with Crippen molar-refractivity contribution in [2.24, 2.45) is 0 Å². The monoisotopic (exact) mass is 407 g/mol. The molecule has 8 nitrogen and oxygen atoms in total. The predicted molar refractivity (Wildman–Crippen MR) is 94.5 cm³/mol. The Labute approximate surface area is 161 Å². The lowest BCUT2D eigenvalue weighted by Crippen LogP contribution is -2.27. The maximum Gasteiger partial charge on any atom is 0.573 e. The number of nitrogens with one attached hydrogen (secondary N) is 1. The van der Waals surface area contributed by atoms with E-state index >= 15 is 0 Å². The van der Waals surface area contributed by atoms with Gasteiger partial charge in [-0.2, -0.15) is 0 Å². The minimum Gasteiger partial charge on any atom is -0.406 e. The van der Waals surface area contributed by atoms with Crippen LogP contribution in [-0.2, 0) is 9.59 Å². The van der Waals surface area contributed by atoms with E-state index in [4.69, 9.17) is 0 Å². The smallest absolute Gasteiger partial charge is 0.406 e. The summed E-state index contributed by atoms with van der Waals surface area (Å²) in [4.78, 5) is 36.0. The summed E-state index contributed by atoms with van der Waals surface area (Å²) < 4.78 is 40.5. The third-order valence-electron chi connectivity index (χ3n) is 4.01. The standard InChI is InChI=1S/C18H12F3N3O5/c1-23-16(25)14(10-2-6-12(7-3-10)24(27)28)15(17(23)26)22-11-4-8-13(9-5-11)29-18(19,20)21/h2-9,22H,1H3. The zero-order valence-electron chi connectivity index (χ0n) is 14.7. The second kappa shape index (κ2) is 7.26. The number of halogens is 3. The van der Waals surface area contributed by atoms with Gasteiger partial charge in [0.05, 0.1) is 10.5 Å². The van der Waals surface area contributed by atoms with Crippen LogP contribution in [0.5, 0.6) is 5.75 Å². The number of benzene rings is 2. The van der Waals surface area contributed by atoms with Gasteiger partial charge in [-0.05, 0) is 42.0 Å². The average molecular weight is 407 g/mol. The van der Waals surface area contributed by atoms with Crippen LogP contribution < -0.4 is 10.1 Å². The fraction of sp³-hybridized carbons (Fsp3) is 0.111. The number of nitro groups is 1. The van der Waals surface area contributed by atoms with Crippen molar-refractivity contribution in [3.05, 3.63) is 69.9 Å². The minimum atomic E-state index is -4.84. The van der Waals surface area contributed by atoms with Crippen molar-refractivity contribution in [1.29, 1.82) is 0 Å². The van der Waals surface area contributed by atoms with E-state index in [2.05, 4.69) is 10.1 Å². The van der Waals surface area contributed by atoms with Gasteiger partial charge in [0.15, 0.2) is 0 Å². The van der Waals surface area contributed by atoms with Gasteiger partial charge < -0.3 is 10.1 Å². The van der Waals surface area contributed by atoms with Crippen molar-refractivity contribution >= 4 is 28.8 Å². The summed E-state index contributed by atoms with van der Waals surface area (Å²) in [6, 6.07) is 9.65. The summed E-state index contributed by atoms with van der Waals surface area (Å²) in [5, 5.41) is 13.5. The maximum absolute atomic E-state index is 12.5. The molecule has 1 aliphatic rings. The Morgan fingerprint density at radius 1 is 1.00 bits per heavy atom. The molecule has 0 saturated carbocycles. The quantitative estimate of drug-likeness (QED) is 0.464. The van der Waals surface area contributed by atoms with Gasteiger partial charge in [0.25, 0.3) is 17.5 Å². The summed E-state index contributed by atoms with van der Waals surface area (Å²) in [7, 11) is 1.27. The van der Waals surface area contributed by atoms with E-state index in [1.54, 1.807) is 0 Å². The van der Waals surface area contributed by atoms with Gasteiger partial charge in [-0.1, -0.05) is 0 Å². The lowest BCUT2D eigenvalue weighted by Gasteiger charge is -2.11. The molecule has 3 rings (SSSR count). The van der Waals surface area contributed by atoms with Crippen molar-refractivity contribution in [3.63, 3.8) is 0 Å². The molecule has 1 heterocycles. The highest BCUT2D eigenvalue weighted by molar-refractivity contribution is 6.36. The molecular formula is C18H12F3N3O5. The number of ether oxygens (including phenoxy) is 1. The number of nitrogens with zero attached hydrogens (tertiary/aromatic N) is 2. The maximum atomic E-state index is 12.5. The molecule has 0 bridgehead atoms. The number of carbonyl (C=O) groups excluding carboxylic acids is 2. The van der Waals surface area contributed by atoms with Crippen LogP contribution in [0.4, 0.5) is 24.5 Å². The van der Waals surface area contributed by atoms with E-state index in [-0.39, 0.29) is 28.2 Å². The van der Waals surface area contributed by atoms with Crippen LogP contribution in [0, 0.1) is 10.1 Å².